The Kier molecular flexibility index (Phi) is 4.30. The molecule has 3 nitrogen and oxygen atoms in total. The first-order chi connectivity index (χ1) is 9.04. The Morgan fingerprint density at radius 1 is 1.37 bits per heavy atom. The van der Waals surface area contributed by atoms with Crippen molar-refractivity contribution in [2.45, 2.75) is 33.2 Å². The van der Waals surface area contributed by atoms with E-state index in [2.05, 4.69) is 52.7 Å². The number of aromatic nitrogens is 1. The quantitative estimate of drug-likeness (QED) is 0.858. The number of nitrogens with two attached hydrogens (primary N) is 1. The van der Waals surface area contributed by atoms with Crippen molar-refractivity contribution in [3.63, 3.8) is 0 Å². The third-order valence-corrected chi connectivity index (χ3v) is 3.66. The summed E-state index contributed by atoms with van der Waals surface area (Å²) in [6, 6.07) is 6.52. The van der Waals surface area contributed by atoms with Crippen molar-refractivity contribution >= 4 is 38.2 Å². The highest BCUT2D eigenvalue weighted by molar-refractivity contribution is 9.10. The van der Waals surface area contributed by atoms with Gasteiger partial charge in [0.15, 0.2) is 0 Å². The molecule has 0 aliphatic rings. The predicted octanol–water partition coefficient (Wildman–Crippen LogP) is 4.20. The van der Waals surface area contributed by atoms with E-state index in [4.69, 9.17) is 5.73 Å². The molecule has 4 heteroatoms. The van der Waals surface area contributed by atoms with Crippen molar-refractivity contribution in [2.75, 3.05) is 17.2 Å². The van der Waals surface area contributed by atoms with Gasteiger partial charge in [-0.25, -0.2) is 0 Å². The molecule has 1 heterocycles. The van der Waals surface area contributed by atoms with Gasteiger partial charge < -0.3 is 10.6 Å². The van der Waals surface area contributed by atoms with Crippen LogP contribution in [0.5, 0.6) is 0 Å². The van der Waals surface area contributed by atoms with E-state index in [1.54, 1.807) is 0 Å². The molecule has 2 rings (SSSR count). The van der Waals surface area contributed by atoms with Gasteiger partial charge in [-0.05, 0) is 54.4 Å². The summed E-state index contributed by atoms with van der Waals surface area (Å²) in [5, 5.41) is 1.01. The van der Waals surface area contributed by atoms with Crippen LogP contribution in [0.3, 0.4) is 0 Å². The summed E-state index contributed by atoms with van der Waals surface area (Å²) in [5.41, 5.74) is 8.97. The molecule has 19 heavy (non-hydrogen) atoms. The SMILES string of the molecule is CCCN(c1ccc(N)c2cc(Br)cnc12)C(C)C. The first-order valence-electron chi connectivity index (χ1n) is 6.65. The lowest BCUT2D eigenvalue weighted by Crippen LogP contribution is -2.31. The van der Waals surface area contributed by atoms with Crippen LogP contribution < -0.4 is 10.6 Å². The lowest BCUT2D eigenvalue weighted by atomic mass is 10.1. The van der Waals surface area contributed by atoms with Crippen molar-refractivity contribution in [3.05, 3.63) is 28.9 Å². The van der Waals surface area contributed by atoms with Gasteiger partial charge in [-0.3, -0.25) is 4.98 Å². The number of nitrogens with zero attached hydrogens (tertiary/aromatic N) is 2. The Balaban J connectivity index is 2.63. The number of halogens is 1. The number of anilines is 2. The topological polar surface area (TPSA) is 42.1 Å². The van der Waals surface area contributed by atoms with Crippen LogP contribution in [0.25, 0.3) is 10.9 Å². The second-order valence-electron chi connectivity index (χ2n) is 5.01. The molecule has 2 N–H and O–H groups in total. The number of benzene rings is 1. The van der Waals surface area contributed by atoms with Crippen molar-refractivity contribution in [1.82, 2.24) is 4.98 Å². The average Bonchev–Trinajstić information content (AvgIpc) is 2.37. The van der Waals surface area contributed by atoms with E-state index in [0.29, 0.717) is 6.04 Å². The lowest BCUT2D eigenvalue weighted by Gasteiger charge is -2.29. The van der Waals surface area contributed by atoms with Crippen LogP contribution in [0.15, 0.2) is 28.9 Å². The number of nitrogen functional groups attached to an aromatic ring is 1. The van der Waals surface area contributed by atoms with Gasteiger partial charge in [-0.2, -0.15) is 0 Å². The van der Waals surface area contributed by atoms with Crippen molar-refractivity contribution in [3.8, 4) is 0 Å². The zero-order chi connectivity index (χ0) is 14.0. The summed E-state index contributed by atoms with van der Waals surface area (Å²) in [4.78, 5) is 6.94. The van der Waals surface area contributed by atoms with Gasteiger partial charge in [0.25, 0.3) is 0 Å². The fourth-order valence-electron chi connectivity index (χ4n) is 2.33. The van der Waals surface area contributed by atoms with Crippen molar-refractivity contribution in [1.29, 1.82) is 0 Å². The third-order valence-electron chi connectivity index (χ3n) is 3.23. The van der Waals surface area contributed by atoms with Crippen LogP contribution in [-0.4, -0.2) is 17.6 Å². The van der Waals surface area contributed by atoms with Gasteiger partial charge in [0.2, 0.25) is 0 Å². The largest absolute Gasteiger partial charge is 0.398 e. The van der Waals surface area contributed by atoms with Gasteiger partial charge in [-0.15, -0.1) is 0 Å². The summed E-state index contributed by atoms with van der Waals surface area (Å²) in [5.74, 6) is 0. The Bertz CT molecular complexity index is 581. The maximum Gasteiger partial charge on any atom is 0.0956 e. The molecular weight excluding hydrogens is 302 g/mol. The van der Waals surface area contributed by atoms with Crippen LogP contribution >= 0.6 is 15.9 Å². The number of hydrogen-bond acceptors (Lipinski definition) is 3. The summed E-state index contributed by atoms with van der Waals surface area (Å²) in [7, 11) is 0. The minimum absolute atomic E-state index is 0.442. The average molecular weight is 322 g/mol. The highest BCUT2D eigenvalue weighted by Crippen LogP contribution is 2.32. The van der Waals surface area contributed by atoms with Gasteiger partial charge in [0.05, 0.1) is 11.2 Å². The minimum Gasteiger partial charge on any atom is -0.398 e. The molecule has 0 aliphatic heterocycles. The van der Waals surface area contributed by atoms with Crippen LogP contribution in [0.2, 0.25) is 0 Å². The van der Waals surface area contributed by atoms with Crippen molar-refractivity contribution < 1.29 is 0 Å². The van der Waals surface area contributed by atoms with E-state index in [-0.39, 0.29) is 0 Å². The van der Waals surface area contributed by atoms with Crippen LogP contribution in [0, 0.1) is 0 Å². The summed E-state index contributed by atoms with van der Waals surface area (Å²) in [6.07, 6.45) is 2.94. The smallest absolute Gasteiger partial charge is 0.0956 e. The monoisotopic (exact) mass is 321 g/mol. The van der Waals surface area contributed by atoms with Crippen molar-refractivity contribution in [2.24, 2.45) is 0 Å². The molecule has 0 saturated carbocycles. The predicted molar refractivity (Wildman–Crippen MR) is 86.6 cm³/mol. The van der Waals surface area contributed by atoms with E-state index < -0.39 is 0 Å². The molecule has 1 aromatic heterocycles. The maximum absolute atomic E-state index is 6.06. The molecule has 0 aliphatic carbocycles. The maximum atomic E-state index is 6.06. The Morgan fingerprint density at radius 3 is 2.74 bits per heavy atom. The van der Waals surface area contributed by atoms with Crippen LogP contribution in [0.1, 0.15) is 27.2 Å². The first kappa shape index (κ1) is 14.1. The number of rotatable bonds is 4. The highest BCUT2D eigenvalue weighted by atomic mass is 79.9. The second-order valence-corrected chi connectivity index (χ2v) is 5.93. The molecular formula is C15H20BrN3. The van der Waals surface area contributed by atoms with Crippen LogP contribution in [-0.2, 0) is 0 Å². The number of pyridine rings is 1. The summed E-state index contributed by atoms with van der Waals surface area (Å²) < 4.78 is 0.954. The van der Waals surface area contributed by atoms with E-state index in [9.17, 15) is 0 Å². The molecule has 102 valence electrons. The summed E-state index contributed by atoms with van der Waals surface area (Å²) in [6.45, 7) is 7.63. The van der Waals surface area contributed by atoms with E-state index in [0.717, 1.165) is 39.7 Å². The van der Waals surface area contributed by atoms with E-state index in [1.807, 2.05) is 18.3 Å². The zero-order valence-corrected chi connectivity index (χ0v) is 13.2. The third kappa shape index (κ3) is 2.84. The summed E-state index contributed by atoms with van der Waals surface area (Å²) >= 11 is 3.46. The molecule has 0 atom stereocenters. The minimum atomic E-state index is 0.442. The number of hydrogen-bond donors (Lipinski definition) is 1. The molecule has 0 saturated heterocycles. The molecule has 0 fully saturated rings. The highest BCUT2D eigenvalue weighted by Gasteiger charge is 2.15. The van der Waals surface area contributed by atoms with Crippen LogP contribution in [0.4, 0.5) is 11.4 Å². The fraction of sp³-hybridized carbons (Fsp3) is 0.400. The molecule has 0 amide bonds. The van der Waals surface area contributed by atoms with E-state index in [1.165, 1.54) is 0 Å². The Hall–Kier alpha value is -1.29. The standard InChI is InChI=1S/C15H20BrN3/c1-4-7-19(10(2)3)14-6-5-13(17)12-8-11(16)9-18-15(12)14/h5-6,8-10H,4,7,17H2,1-3H3. The fourth-order valence-corrected chi connectivity index (χ4v) is 2.66. The first-order valence-corrected chi connectivity index (χ1v) is 7.44. The molecule has 0 radical (unpaired) electrons. The molecule has 0 bridgehead atoms. The van der Waals surface area contributed by atoms with Gasteiger partial charge in [-0.1, -0.05) is 6.92 Å². The zero-order valence-electron chi connectivity index (χ0n) is 11.7. The number of fused-ring (bicyclic) bond motifs is 1. The normalized spacial score (nSPS) is 11.2. The van der Waals surface area contributed by atoms with Gasteiger partial charge in [0.1, 0.15) is 0 Å². The van der Waals surface area contributed by atoms with Gasteiger partial charge in [0, 0.05) is 34.3 Å². The molecule has 2 aromatic rings. The van der Waals surface area contributed by atoms with E-state index >= 15 is 0 Å². The Morgan fingerprint density at radius 2 is 2.11 bits per heavy atom. The molecule has 0 spiro atoms. The lowest BCUT2D eigenvalue weighted by molar-refractivity contribution is 0.673. The molecule has 1 aromatic carbocycles. The Labute approximate surface area is 122 Å². The van der Waals surface area contributed by atoms with Gasteiger partial charge >= 0.3 is 0 Å². The second kappa shape index (κ2) is 5.78. The molecule has 0 unspecified atom stereocenters.